The molecule has 0 aliphatic heterocycles. The average Bonchev–Trinajstić information content (AvgIpc) is 2.43. The van der Waals surface area contributed by atoms with Crippen LogP contribution in [0.5, 0.6) is 5.75 Å². The highest BCUT2D eigenvalue weighted by molar-refractivity contribution is 5.93. The van der Waals surface area contributed by atoms with Gasteiger partial charge in [0.25, 0.3) is 0 Å². The summed E-state index contributed by atoms with van der Waals surface area (Å²) in [4.78, 5) is 12.1. The summed E-state index contributed by atoms with van der Waals surface area (Å²) < 4.78 is 11.1. The van der Waals surface area contributed by atoms with E-state index in [1.807, 2.05) is 26.0 Å². The molecule has 0 spiro atoms. The normalized spacial score (nSPS) is 14.6. The number of benzene rings is 1. The van der Waals surface area contributed by atoms with Crippen molar-refractivity contribution in [1.82, 2.24) is 0 Å². The van der Waals surface area contributed by atoms with E-state index < -0.39 is 0 Å². The van der Waals surface area contributed by atoms with Crippen LogP contribution in [0.4, 0.5) is 5.69 Å². The molecule has 0 bridgehead atoms. The first-order chi connectivity index (χ1) is 9.58. The Kier molecular flexibility index (Phi) is 3.16. The summed E-state index contributed by atoms with van der Waals surface area (Å²) in [5.41, 5.74) is 8.67. The predicted molar refractivity (Wildman–Crippen MR) is 79.3 cm³/mol. The number of hydrogen-bond acceptors (Lipinski definition) is 4. The van der Waals surface area contributed by atoms with Gasteiger partial charge in [-0.3, -0.25) is 0 Å². The van der Waals surface area contributed by atoms with E-state index in [0.29, 0.717) is 17.0 Å². The number of ether oxygens (including phenoxy) is 1. The number of nitrogens with two attached hydrogens (primary N) is 1. The average molecular weight is 273 g/mol. The molecule has 0 amide bonds. The van der Waals surface area contributed by atoms with Crippen LogP contribution in [0.2, 0.25) is 0 Å². The molecule has 0 saturated carbocycles. The Morgan fingerprint density at radius 1 is 1.20 bits per heavy atom. The Bertz CT molecular complexity index is 716. The van der Waals surface area contributed by atoms with E-state index in [4.69, 9.17) is 14.9 Å². The SMILES string of the molecule is CC(C)Oc1ccc2c3c(c(=O)oc2c1N)CCCC3. The third-order valence-electron chi connectivity index (χ3n) is 3.75. The molecule has 2 N–H and O–H groups in total. The van der Waals surface area contributed by atoms with Gasteiger partial charge in [-0.05, 0) is 57.2 Å². The maximum absolute atomic E-state index is 12.1. The number of rotatable bonds is 2. The fraction of sp³-hybridized carbons (Fsp3) is 0.438. The second-order valence-electron chi connectivity index (χ2n) is 5.57. The second-order valence-corrected chi connectivity index (χ2v) is 5.57. The van der Waals surface area contributed by atoms with Crippen LogP contribution in [0.15, 0.2) is 21.3 Å². The minimum absolute atomic E-state index is 0.0269. The summed E-state index contributed by atoms with van der Waals surface area (Å²) in [6, 6.07) is 3.82. The van der Waals surface area contributed by atoms with Gasteiger partial charge in [0.05, 0.1) is 6.10 Å². The first-order valence-electron chi connectivity index (χ1n) is 7.11. The van der Waals surface area contributed by atoms with Crippen LogP contribution in [0, 0.1) is 0 Å². The topological polar surface area (TPSA) is 65.5 Å². The van der Waals surface area contributed by atoms with Gasteiger partial charge in [-0.25, -0.2) is 4.79 Å². The zero-order chi connectivity index (χ0) is 14.3. The fourth-order valence-corrected chi connectivity index (χ4v) is 2.87. The van der Waals surface area contributed by atoms with Crippen LogP contribution in [-0.2, 0) is 12.8 Å². The highest BCUT2D eigenvalue weighted by atomic mass is 16.5. The standard InChI is InChI=1S/C16H19NO3/c1-9(2)19-13-8-7-11-10-5-3-4-6-12(10)16(18)20-15(11)14(13)17/h7-9H,3-6,17H2,1-2H3. The maximum Gasteiger partial charge on any atom is 0.339 e. The van der Waals surface area contributed by atoms with Gasteiger partial charge in [0.15, 0.2) is 5.58 Å². The number of aryl methyl sites for hydroxylation is 1. The van der Waals surface area contributed by atoms with E-state index in [1.54, 1.807) is 0 Å². The Morgan fingerprint density at radius 3 is 2.60 bits per heavy atom. The van der Waals surface area contributed by atoms with Crippen LogP contribution in [-0.4, -0.2) is 6.10 Å². The third-order valence-corrected chi connectivity index (χ3v) is 3.75. The summed E-state index contributed by atoms with van der Waals surface area (Å²) in [5.74, 6) is 0.575. The maximum atomic E-state index is 12.1. The Labute approximate surface area is 117 Å². The highest BCUT2D eigenvalue weighted by Gasteiger charge is 2.20. The molecular formula is C16H19NO3. The molecule has 0 atom stereocenters. The van der Waals surface area contributed by atoms with Gasteiger partial charge in [0, 0.05) is 10.9 Å². The molecule has 106 valence electrons. The van der Waals surface area contributed by atoms with Crippen molar-refractivity contribution in [3.8, 4) is 5.75 Å². The Morgan fingerprint density at radius 2 is 1.90 bits per heavy atom. The third kappa shape index (κ3) is 2.05. The van der Waals surface area contributed by atoms with Crippen LogP contribution >= 0.6 is 0 Å². The predicted octanol–water partition coefficient (Wildman–Crippen LogP) is 3.04. The van der Waals surface area contributed by atoms with E-state index >= 15 is 0 Å². The van der Waals surface area contributed by atoms with Crippen molar-refractivity contribution in [2.45, 2.75) is 45.6 Å². The molecule has 3 rings (SSSR count). The van der Waals surface area contributed by atoms with Crippen LogP contribution in [0.1, 0.15) is 37.8 Å². The summed E-state index contributed by atoms with van der Waals surface area (Å²) in [6.45, 7) is 3.87. The van der Waals surface area contributed by atoms with E-state index in [-0.39, 0.29) is 11.7 Å². The lowest BCUT2D eigenvalue weighted by atomic mass is 9.90. The zero-order valence-electron chi connectivity index (χ0n) is 11.9. The van der Waals surface area contributed by atoms with Gasteiger partial charge in [0.1, 0.15) is 11.4 Å². The molecule has 1 aromatic carbocycles. The van der Waals surface area contributed by atoms with Crippen molar-refractivity contribution in [2.75, 3.05) is 5.73 Å². The number of hydrogen-bond donors (Lipinski definition) is 1. The van der Waals surface area contributed by atoms with Gasteiger partial charge in [-0.2, -0.15) is 0 Å². The fourth-order valence-electron chi connectivity index (χ4n) is 2.87. The number of fused-ring (bicyclic) bond motifs is 3. The second kappa shape index (κ2) is 4.85. The summed E-state index contributed by atoms with van der Waals surface area (Å²) in [6.07, 6.45) is 3.90. The molecule has 0 radical (unpaired) electrons. The molecular weight excluding hydrogens is 254 g/mol. The van der Waals surface area contributed by atoms with Crippen molar-refractivity contribution in [2.24, 2.45) is 0 Å². The van der Waals surface area contributed by atoms with Gasteiger partial charge in [-0.1, -0.05) is 0 Å². The summed E-state index contributed by atoms with van der Waals surface area (Å²) in [5, 5.41) is 0.952. The Hall–Kier alpha value is -1.97. The van der Waals surface area contributed by atoms with Crippen molar-refractivity contribution >= 4 is 16.7 Å². The smallest absolute Gasteiger partial charge is 0.339 e. The molecule has 2 aromatic rings. The van der Waals surface area contributed by atoms with Gasteiger partial charge < -0.3 is 14.9 Å². The van der Waals surface area contributed by atoms with E-state index in [0.717, 1.165) is 42.2 Å². The lowest BCUT2D eigenvalue weighted by molar-refractivity contribution is 0.244. The number of anilines is 1. The molecule has 1 aromatic heterocycles. The zero-order valence-corrected chi connectivity index (χ0v) is 11.9. The lowest BCUT2D eigenvalue weighted by Crippen LogP contribution is -2.16. The highest BCUT2D eigenvalue weighted by Crippen LogP contribution is 2.35. The van der Waals surface area contributed by atoms with Gasteiger partial charge in [0.2, 0.25) is 0 Å². The first-order valence-corrected chi connectivity index (χ1v) is 7.11. The van der Waals surface area contributed by atoms with Crippen LogP contribution in [0.3, 0.4) is 0 Å². The molecule has 4 nitrogen and oxygen atoms in total. The molecule has 1 aliphatic rings. The minimum atomic E-state index is -0.249. The molecule has 1 heterocycles. The van der Waals surface area contributed by atoms with Crippen molar-refractivity contribution in [3.63, 3.8) is 0 Å². The molecule has 4 heteroatoms. The largest absolute Gasteiger partial charge is 0.489 e. The van der Waals surface area contributed by atoms with Crippen LogP contribution < -0.4 is 16.1 Å². The quantitative estimate of drug-likeness (QED) is 0.674. The molecule has 0 unspecified atom stereocenters. The monoisotopic (exact) mass is 273 g/mol. The van der Waals surface area contributed by atoms with E-state index in [2.05, 4.69) is 0 Å². The molecule has 0 saturated heterocycles. The molecule has 0 fully saturated rings. The first kappa shape index (κ1) is 13.0. The molecule has 1 aliphatic carbocycles. The van der Waals surface area contributed by atoms with Crippen molar-refractivity contribution in [1.29, 1.82) is 0 Å². The number of nitrogen functional groups attached to an aromatic ring is 1. The van der Waals surface area contributed by atoms with Crippen LogP contribution in [0.25, 0.3) is 11.0 Å². The van der Waals surface area contributed by atoms with Crippen molar-refractivity contribution < 1.29 is 9.15 Å². The van der Waals surface area contributed by atoms with E-state index in [1.165, 1.54) is 0 Å². The summed E-state index contributed by atoms with van der Waals surface area (Å²) >= 11 is 0. The minimum Gasteiger partial charge on any atom is -0.489 e. The Balaban J connectivity index is 2.26. The summed E-state index contributed by atoms with van der Waals surface area (Å²) in [7, 11) is 0. The van der Waals surface area contributed by atoms with Gasteiger partial charge in [-0.15, -0.1) is 0 Å². The lowest BCUT2D eigenvalue weighted by Gasteiger charge is -2.18. The van der Waals surface area contributed by atoms with Gasteiger partial charge >= 0.3 is 5.63 Å². The van der Waals surface area contributed by atoms with Crippen molar-refractivity contribution in [3.05, 3.63) is 33.7 Å². The van der Waals surface area contributed by atoms with E-state index in [9.17, 15) is 4.79 Å². The molecule has 20 heavy (non-hydrogen) atoms.